The molecule has 0 saturated carbocycles. The molecule has 2 aromatic rings. The largest absolute Gasteiger partial charge is 0.324 e. The van der Waals surface area contributed by atoms with E-state index in [0.29, 0.717) is 16.9 Å². The lowest BCUT2D eigenvalue weighted by atomic mass is 9.99. The van der Waals surface area contributed by atoms with Crippen LogP contribution in [0.15, 0.2) is 35.1 Å². The number of nitrogens with zero attached hydrogens (tertiary/aromatic N) is 1. The number of H-pyrrole nitrogens is 1. The number of anilines is 1. The third-order valence-electron chi connectivity index (χ3n) is 5.03. The molecule has 1 fully saturated rings. The Morgan fingerprint density at radius 1 is 1.27 bits per heavy atom. The molecule has 1 saturated heterocycles. The van der Waals surface area contributed by atoms with E-state index in [4.69, 9.17) is 0 Å². The molecule has 2 N–H and O–H groups in total. The number of aromatic nitrogens is 1. The van der Waals surface area contributed by atoms with E-state index in [-0.39, 0.29) is 11.5 Å². The van der Waals surface area contributed by atoms with Gasteiger partial charge in [-0.3, -0.25) is 14.5 Å². The third kappa shape index (κ3) is 4.41. The highest BCUT2D eigenvalue weighted by Gasteiger charge is 2.16. The van der Waals surface area contributed by atoms with Gasteiger partial charge < -0.3 is 10.3 Å². The Bertz CT molecular complexity index is 813. The summed E-state index contributed by atoms with van der Waals surface area (Å²) in [6.07, 6.45) is 2.58. The zero-order valence-corrected chi connectivity index (χ0v) is 15.8. The van der Waals surface area contributed by atoms with Crippen LogP contribution in [0.3, 0.4) is 0 Å². The van der Waals surface area contributed by atoms with Crippen LogP contribution in [0.4, 0.5) is 5.69 Å². The van der Waals surface area contributed by atoms with E-state index in [0.717, 1.165) is 31.1 Å². The van der Waals surface area contributed by atoms with Crippen LogP contribution in [0, 0.1) is 19.8 Å². The summed E-state index contributed by atoms with van der Waals surface area (Å²) in [5.74, 6) is 0.596. The van der Waals surface area contributed by atoms with Gasteiger partial charge in [-0.25, -0.2) is 0 Å². The molecule has 0 radical (unpaired) electrons. The van der Waals surface area contributed by atoms with E-state index in [1.807, 2.05) is 31.2 Å². The number of piperidine rings is 1. The first kappa shape index (κ1) is 18.4. The second kappa shape index (κ2) is 7.87. The highest BCUT2D eigenvalue weighted by Crippen LogP contribution is 2.19. The van der Waals surface area contributed by atoms with Crippen LogP contribution in [0.25, 0.3) is 0 Å². The minimum absolute atomic E-state index is 0.158. The quantitative estimate of drug-likeness (QED) is 0.884. The van der Waals surface area contributed by atoms with Gasteiger partial charge >= 0.3 is 0 Å². The van der Waals surface area contributed by atoms with Gasteiger partial charge in [0.1, 0.15) is 0 Å². The number of rotatable bonds is 4. The predicted octanol–water partition coefficient (Wildman–Crippen LogP) is 3.48. The molecule has 0 unspecified atom stereocenters. The number of nitrogens with one attached hydrogen (secondary N) is 2. The number of carbonyl (C=O) groups is 1. The summed E-state index contributed by atoms with van der Waals surface area (Å²) in [4.78, 5) is 29.2. The summed E-state index contributed by atoms with van der Waals surface area (Å²) in [6, 6.07) is 9.29. The number of amides is 1. The molecule has 26 heavy (non-hydrogen) atoms. The normalized spacial score (nSPS) is 17.9. The fourth-order valence-electron chi connectivity index (χ4n) is 3.68. The predicted molar refractivity (Wildman–Crippen MR) is 105 cm³/mol. The maximum Gasteiger partial charge on any atom is 0.255 e. The van der Waals surface area contributed by atoms with Crippen LogP contribution in [0.2, 0.25) is 0 Å². The van der Waals surface area contributed by atoms with Crippen molar-refractivity contribution in [1.29, 1.82) is 0 Å². The number of pyridine rings is 1. The summed E-state index contributed by atoms with van der Waals surface area (Å²) in [5, 5.41) is 2.91. The first-order valence-corrected chi connectivity index (χ1v) is 9.25. The molecule has 5 heteroatoms. The number of carbonyl (C=O) groups excluding carboxylic acids is 1. The van der Waals surface area contributed by atoms with Gasteiger partial charge in [-0.05, 0) is 62.4 Å². The van der Waals surface area contributed by atoms with Gasteiger partial charge in [0.15, 0.2) is 0 Å². The van der Waals surface area contributed by atoms with Gasteiger partial charge in [-0.1, -0.05) is 19.1 Å². The number of benzene rings is 1. The van der Waals surface area contributed by atoms with Gasteiger partial charge in [-0.2, -0.15) is 0 Å². The summed E-state index contributed by atoms with van der Waals surface area (Å²) in [7, 11) is 0. The maximum atomic E-state index is 12.5. The van der Waals surface area contributed by atoms with Crippen LogP contribution < -0.4 is 10.9 Å². The van der Waals surface area contributed by atoms with Crippen molar-refractivity contribution in [2.75, 3.05) is 18.4 Å². The topological polar surface area (TPSA) is 65.2 Å². The van der Waals surface area contributed by atoms with Crippen molar-refractivity contribution in [2.24, 2.45) is 5.92 Å². The molecule has 0 aliphatic carbocycles. The molecule has 3 rings (SSSR count). The van der Waals surface area contributed by atoms with E-state index in [1.165, 1.54) is 24.5 Å². The van der Waals surface area contributed by atoms with Crippen molar-refractivity contribution in [3.63, 3.8) is 0 Å². The molecule has 5 nitrogen and oxygen atoms in total. The fraction of sp³-hybridized carbons (Fsp3) is 0.429. The van der Waals surface area contributed by atoms with E-state index in [9.17, 15) is 9.59 Å². The molecule has 1 aliphatic heterocycles. The number of hydrogen-bond acceptors (Lipinski definition) is 3. The lowest BCUT2D eigenvalue weighted by molar-refractivity contribution is 0.102. The van der Waals surface area contributed by atoms with E-state index < -0.39 is 0 Å². The minimum Gasteiger partial charge on any atom is -0.324 e. The van der Waals surface area contributed by atoms with Crippen LogP contribution in [-0.2, 0) is 6.54 Å². The average Bonchev–Trinajstić information content (AvgIpc) is 2.58. The SMILES string of the molecule is Cc1cc(=O)[nH]c(C)c1NC(=O)c1ccc(CN2CCC[C@H](C)C2)cc1. The Balaban J connectivity index is 1.66. The molecule has 1 atom stereocenters. The van der Waals surface area contributed by atoms with E-state index in [2.05, 4.69) is 22.1 Å². The van der Waals surface area contributed by atoms with Crippen molar-refractivity contribution in [1.82, 2.24) is 9.88 Å². The summed E-state index contributed by atoms with van der Waals surface area (Å²) < 4.78 is 0. The van der Waals surface area contributed by atoms with Crippen LogP contribution >= 0.6 is 0 Å². The Morgan fingerprint density at radius 3 is 2.65 bits per heavy atom. The molecule has 2 heterocycles. The van der Waals surface area contributed by atoms with Crippen LogP contribution in [0.5, 0.6) is 0 Å². The number of hydrogen-bond donors (Lipinski definition) is 2. The summed E-state index contributed by atoms with van der Waals surface area (Å²) in [6.45, 7) is 9.14. The van der Waals surface area contributed by atoms with Gasteiger partial charge in [-0.15, -0.1) is 0 Å². The lowest BCUT2D eigenvalue weighted by Crippen LogP contribution is -2.33. The first-order chi connectivity index (χ1) is 12.4. The highest BCUT2D eigenvalue weighted by molar-refractivity contribution is 6.04. The van der Waals surface area contributed by atoms with Crippen LogP contribution in [0.1, 0.15) is 46.9 Å². The zero-order valence-electron chi connectivity index (χ0n) is 15.8. The van der Waals surface area contributed by atoms with Crippen molar-refractivity contribution in [2.45, 2.75) is 40.2 Å². The Hall–Kier alpha value is -2.40. The van der Waals surface area contributed by atoms with E-state index >= 15 is 0 Å². The second-order valence-corrected chi connectivity index (χ2v) is 7.45. The highest BCUT2D eigenvalue weighted by atomic mass is 16.1. The van der Waals surface area contributed by atoms with Gasteiger partial charge in [0.05, 0.1) is 5.69 Å². The third-order valence-corrected chi connectivity index (χ3v) is 5.03. The second-order valence-electron chi connectivity index (χ2n) is 7.45. The minimum atomic E-state index is -0.165. The molecule has 0 spiro atoms. The smallest absolute Gasteiger partial charge is 0.255 e. The molecule has 1 aliphatic rings. The first-order valence-electron chi connectivity index (χ1n) is 9.25. The standard InChI is InChI=1S/C21H27N3O2/c1-14-5-4-10-24(12-14)13-17-6-8-18(9-7-17)21(26)23-20-15(2)11-19(25)22-16(20)3/h6-9,11,14H,4-5,10,12-13H2,1-3H3,(H,22,25)(H,23,26)/t14-/m0/s1. The molecular formula is C21H27N3O2. The van der Waals surface area contributed by atoms with Crippen LogP contribution in [-0.4, -0.2) is 28.9 Å². The lowest BCUT2D eigenvalue weighted by Gasteiger charge is -2.30. The van der Waals surface area contributed by atoms with Crippen molar-refractivity contribution < 1.29 is 4.79 Å². The monoisotopic (exact) mass is 353 g/mol. The fourth-order valence-corrected chi connectivity index (χ4v) is 3.68. The maximum absolute atomic E-state index is 12.5. The van der Waals surface area contributed by atoms with Crippen molar-refractivity contribution in [3.8, 4) is 0 Å². The molecule has 138 valence electrons. The molecule has 1 amide bonds. The Labute approximate surface area is 154 Å². The van der Waals surface area contributed by atoms with Crippen molar-refractivity contribution in [3.05, 3.63) is 63.1 Å². The summed E-state index contributed by atoms with van der Waals surface area (Å²) in [5.41, 5.74) is 3.78. The average molecular weight is 353 g/mol. The molecule has 1 aromatic heterocycles. The number of aryl methyl sites for hydroxylation is 2. The van der Waals surface area contributed by atoms with E-state index in [1.54, 1.807) is 6.92 Å². The van der Waals surface area contributed by atoms with Gasteiger partial charge in [0, 0.05) is 30.4 Å². The van der Waals surface area contributed by atoms with Gasteiger partial charge in [0.25, 0.3) is 5.91 Å². The molecule has 0 bridgehead atoms. The molecular weight excluding hydrogens is 326 g/mol. The number of aromatic amines is 1. The summed E-state index contributed by atoms with van der Waals surface area (Å²) >= 11 is 0. The Morgan fingerprint density at radius 2 is 2.00 bits per heavy atom. The number of likely N-dealkylation sites (tertiary alicyclic amines) is 1. The van der Waals surface area contributed by atoms with Crippen molar-refractivity contribution >= 4 is 11.6 Å². The molecule has 1 aromatic carbocycles. The zero-order chi connectivity index (χ0) is 18.7. The van der Waals surface area contributed by atoms with Gasteiger partial charge in [0.2, 0.25) is 5.56 Å². The Kier molecular flexibility index (Phi) is 5.57.